The number of nitrogens with two attached hydrogens (primary N) is 1. The van der Waals surface area contributed by atoms with E-state index in [1.807, 2.05) is 41.7 Å². The molecule has 5 heterocycles. The van der Waals surface area contributed by atoms with E-state index in [1.54, 1.807) is 7.11 Å². The molecule has 3 N–H and O–H groups in total. The zero-order valence-corrected chi connectivity index (χ0v) is 22.5. The third kappa shape index (κ3) is 3.66. The highest BCUT2D eigenvalue weighted by molar-refractivity contribution is 6.00. The summed E-state index contributed by atoms with van der Waals surface area (Å²) in [7, 11) is 1.65. The highest BCUT2D eigenvalue weighted by Crippen LogP contribution is 2.40. The number of rotatable bonds is 7. The summed E-state index contributed by atoms with van der Waals surface area (Å²) in [6, 6.07) is 10.2. The van der Waals surface area contributed by atoms with Crippen LogP contribution in [0.5, 0.6) is 5.75 Å². The highest BCUT2D eigenvalue weighted by atomic mass is 16.5. The Morgan fingerprint density at radius 1 is 1.18 bits per heavy atom. The van der Waals surface area contributed by atoms with E-state index in [0.717, 1.165) is 65.1 Å². The minimum Gasteiger partial charge on any atom is -0.494 e. The lowest BCUT2D eigenvalue weighted by atomic mass is 10.1. The van der Waals surface area contributed by atoms with Gasteiger partial charge in [-0.25, -0.2) is 9.97 Å². The maximum atomic E-state index is 13.8. The summed E-state index contributed by atoms with van der Waals surface area (Å²) in [6.07, 6.45) is 10.1. The van der Waals surface area contributed by atoms with Crippen LogP contribution in [0.3, 0.4) is 0 Å². The Morgan fingerprint density at radius 2 is 2.08 bits per heavy atom. The zero-order chi connectivity index (χ0) is 27.0. The summed E-state index contributed by atoms with van der Waals surface area (Å²) in [4.78, 5) is 25.7. The van der Waals surface area contributed by atoms with Crippen molar-refractivity contribution in [3.63, 3.8) is 0 Å². The molecule has 1 amide bonds. The number of pyridine rings is 1. The van der Waals surface area contributed by atoms with Crippen LogP contribution in [0.2, 0.25) is 0 Å². The van der Waals surface area contributed by atoms with Gasteiger partial charge in [0, 0.05) is 54.1 Å². The average molecular weight is 537 g/mol. The minimum absolute atomic E-state index is 0.000770. The van der Waals surface area contributed by atoms with Crippen LogP contribution < -0.4 is 10.5 Å². The minimum atomic E-state index is 0.000770. The molecule has 3 aliphatic rings. The number of H-pyrrole nitrogens is 1. The monoisotopic (exact) mass is 536 g/mol. The standard InChI is InChI=1S/C30H32N8O2/c1-40-25-11-21(30(39)37-16-20-6-7-23(37)26(20)31)9-22-27(25)38(15-18-12-33-34-13-18)29(35-22)24-10-19-3-2-8-32-28(19)36(24)14-17-4-5-17/h2-3,8-13,17,20,23,26H,4-7,14-16,31H2,1H3,(H,33,34)/t20?,23?,26-/m1/s1. The van der Waals surface area contributed by atoms with Gasteiger partial charge in [0.25, 0.3) is 5.91 Å². The molecule has 1 saturated heterocycles. The summed E-state index contributed by atoms with van der Waals surface area (Å²) in [6.45, 7) is 2.18. The molecule has 10 heteroatoms. The Morgan fingerprint density at radius 3 is 2.80 bits per heavy atom. The van der Waals surface area contributed by atoms with Crippen LogP contribution in [0.4, 0.5) is 0 Å². The van der Waals surface area contributed by atoms with E-state index in [0.29, 0.717) is 29.7 Å². The number of amides is 1. The second-order valence-electron chi connectivity index (χ2n) is 11.6. The Kier molecular flexibility index (Phi) is 5.28. The molecule has 40 heavy (non-hydrogen) atoms. The lowest BCUT2D eigenvalue weighted by Crippen LogP contribution is -2.41. The quantitative estimate of drug-likeness (QED) is 0.327. The van der Waals surface area contributed by atoms with Crippen LogP contribution in [0, 0.1) is 11.8 Å². The lowest BCUT2D eigenvalue weighted by molar-refractivity contribution is 0.0700. The molecule has 0 spiro atoms. The Bertz CT molecular complexity index is 1750. The molecule has 2 saturated carbocycles. The van der Waals surface area contributed by atoms with Crippen LogP contribution in [-0.2, 0) is 13.1 Å². The normalized spacial score (nSPS) is 22.1. The van der Waals surface area contributed by atoms with Gasteiger partial charge in [0.2, 0.25) is 0 Å². The molecule has 3 fully saturated rings. The first kappa shape index (κ1) is 23.7. The third-order valence-corrected chi connectivity index (χ3v) is 9.11. The number of nitrogens with one attached hydrogen (secondary N) is 1. The lowest BCUT2D eigenvalue weighted by Gasteiger charge is -2.27. The van der Waals surface area contributed by atoms with E-state index < -0.39 is 0 Å². The van der Waals surface area contributed by atoms with Gasteiger partial charge in [0.15, 0.2) is 5.82 Å². The van der Waals surface area contributed by atoms with Crippen molar-refractivity contribution in [2.75, 3.05) is 13.7 Å². The maximum Gasteiger partial charge on any atom is 0.254 e. The summed E-state index contributed by atoms with van der Waals surface area (Å²) < 4.78 is 10.4. The first-order valence-corrected chi connectivity index (χ1v) is 14.2. The van der Waals surface area contributed by atoms with Gasteiger partial charge >= 0.3 is 0 Å². The van der Waals surface area contributed by atoms with Gasteiger partial charge in [-0.05, 0) is 67.9 Å². The first-order valence-electron chi connectivity index (χ1n) is 14.2. The second kappa shape index (κ2) is 8.92. The summed E-state index contributed by atoms with van der Waals surface area (Å²) in [5.41, 5.74) is 11.6. The SMILES string of the molecule is COc1cc(C(=O)N2CC3CCC2[C@@H]3N)cc2nc(-c3cc4cccnc4n3CC3CC3)n(Cc3cn[nH]c3)c12. The van der Waals surface area contributed by atoms with E-state index in [-0.39, 0.29) is 18.0 Å². The first-order chi connectivity index (χ1) is 19.6. The van der Waals surface area contributed by atoms with Gasteiger partial charge in [0.1, 0.15) is 16.9 Å². The highest BCUT2D eigenvalue weighted by Gasteiger charge is 2.47. The molecular formula is C30H32N8O2. The summed E-state index contributed by atoms with van der Waals surface area (Å²) in [5.74, 6) is 2.49. The molecule has 204 valence electrons. The van der Waals surface area contributed by atoms with Gasteiger partial charge in [-0.1, -0.05) is 0 Å². The molecular weight excluding hydrogens is 504 g/mol. The van der Waals surface area contributed by atoms with Crippen LogP contribution in [0.25, 0.3) is 33.6 Å². The van der Waals surface area contributed by atoms with Gasteiger partial charge in [-0.3, -0.25) is 9.89 Å². The molecule has 2 bridgehead atoms. The Balaban J connectivity index is 1.31. The molecule has 4 aromatic heterocycles. The zero-order valence-electron chi connectivity index (χ0n) is 22.5. The van der Waals surface area contributed by atoms with Crippen LogP contribution in [-0.4, -0.2) is 65.8 Å². The van der Waals surface area contributed by atoms with Crippen LogP contribution in [0.15, 0.2) is 48.9 Å². The molecule has 10 nitrogen and oxygen atoms in total. The third-order valence-electron chi connectivity index (χ3n) is 9.11. The molecule has 2 aliphatic carbocycles. The van der Waals surface area contributed by atoms with Gasteiger partial charge in [-0.15, -0.1) is 0 Å². The van der Waals surface area contributed by atoms with Gasteiger partial charge in [0.05, 0.1) is 31.1 Å². The number of hydrogen-bond donors (Lipinski definition) is 2. The number of fused-ring (bicyclic) bond motifs is 4. The fraction of sp³-hybridized carbons (Fsp3) is 0.400. The molecule has 3 atom stereocenters. The number of piperidine rings is 1. The number of ether oxygens (including phenoxy) is 1. The van der Waals surface area contributed by atoms with Crippen LogP contribution >= 0.6 is 0 Å². The number of imidazole rings is 1. The molecule has 1 aliphatic heterocycles. The topological polar surface area (TPSA) is 120 Å². The number of carbonyl (C=O) groups is 1. The predicted molar refractivity (Wildman–Crippen MR) is 151 cm³/mol. The number of benzene rings is 1. The largest absolute Gasteiger partial charge is 0.494 e. The van der Waals surface area contributed by atoms with Crippen molar-refractivity contribution >= 4 is 28.0 Å². The van der Waals surface area contributed by atoms with E-state index in [9.17, 15) is 4.79 Å². The van der Waals surface area contributed by atoms with Crippen molar-refractivity contribution < 1.29 is 9.53 Å². The number of aromatic amines is 1. The Hall–Kier alpha value is -4.18. The second-order valence-corrected chi connectivity index (χ2v) is 11.6. The van der Waals surface area contributed by atoms with Crippen molar-refractivity contribution in [1.29, 1.82) is 0 Å². The van der Waals surface area contributed by atoms with Crippen molar-refractivity contribution in [3.05, 3.63) is 60.0 Å². The fourth-order valence-corrected chi connectivity index (χ4v) is 6.87. The number of aromatic nitrogens is 6. The summed E-state index contributed by atoms with van der Waals surface area (Å²) >= 11 is 0. The van der Waals surface area contributed by atoms with Crippen molar-refractivity contribution in [3.8, 4) is 17.3 Å². The number of likely N-dealkylation sites (tertiary alicyclic amines) is 1. The number of carbonyl (C=O) groups excluding carboxylic acids is 1. The van der Waals surface area contributed by atoms with Gasteiger partial charge in [-0.2, -0.15) is 5.10 Å². The average Bonchev–Trinajstić information content (AvgIpc) is 3.34. The van der Waals surface area contributed by atoms with Gasteiger partial charge < -0.3 is 24.5 Å². The summed E-state index contributed by atoms with van der Waals surface area (Å²) in [5, 5.41) is 8.18. The molecule has 2 unspecified atom stereocenters. The van der Waals surface area contributed by atoms with Crippen LogP contribution in [0.1, 0.15) is 41.6 Å². The Labute approximate surface area is 231 Å². The smallest absolute Gasteiger partial charge is 0.254 e. The van der Waals surface area contributed by atoms with Crippen molar-refractivity contribution in [2.45, 2.75) is 50.9 Å². The molecule has 0 radical (unpaired) electrons. The molecule has 5 aromatic rings. The predicted octanol–water partition coefficient (Wildman–Crippen LogP) is 3.80. The van der Waals surface area contributed by atoms with E-state index in [4.69, 9.17) is 20.4 Å². The number of nitrogens with zero attached hydrogens (tertiary/aromatic N) is 6. The maximum absolute atomic E-state index is 13.8. The van der Waals surface area contributed by atoms with Crippen molar-refractivity contribution in [1.82, 2.24) is 34.2 Å². The van der Waals surface area contributed by atoms with Crippen molar-refractivity contribution in [2.24, 2.45) is 17.6 Å². The van der Waals surface area contributed by atoms with E-state index >= 15 is 0 Å². The molecule has 1 aromatic carbocycles. The van der Waals surface area contributed by atoms with E-state index in [2.05, 4.69) is 31.5 Å². The fourth-order valence-electron chi connectivity index (χ4n) is 6.87. The number of hydrogen-bond acceptors (Lipinski definition) is 6. The molecule has 8 rings (SSSR count). The van der Waals surface area contributed by atoms with E-state index in [1.165, 1.54) is 12.8 Å². The number of methoxy groups -OCH3 is 1.